The summed E-state index contributed by atoms with van der Waals surface area (Å²) in [4.78, 5) is 11.4. The van der Waals surface area contributed by atoms with Gasteiger partial charge < -0.3 is 9.47 Å². The molecule has 1 aromatic rings. The van der Waals surface area contributed by atoms with Crippen LogP contribution in [-0.2, 0) is 16.0 Å². The molecule has 84 valence electrons. The first kappa shape index (κ1) is 12.1. The molecule has 0 saturated heterocycles. The monoisotopic (exact) mass is 219 g/mol. The quantitative estimate of drug-likeness (QED) is 0.723. The summed E-state index contributed by atoms with van der Waals surface area (Å²) in [5.41, 5.74) is 1.01. The van der Waals surface area contributed by atoms with Crippen molar-refractivity contribution >= 4 is 5.97 Å². The Labute approximate surface area is 94.4 Å². The summed E-state index contributed by atoms with van der Waals surface area (Å²) in [5, 5.41) is 8.92. The molecular formula is C12H13NO3. The van der Waals surface area contributed by atoms with Crippen molar-refractivity contribution < 1.29 is 14.3 Å². The molecule has 0 atom stereocenters. The zero-order valence-electron chi connectivity index (χ0n) is 9.32. The Balaban J connectivity index is 3.01. The van der Waals surface area contributed by atoms with Crippen LogP contribution in [-0.4, -0.2) is 19.7 Å². The van der Waals surface area contributed by atoms with E-state index in [1.165, 1.54) is 7.11 Å². The molecule has 0 saturated carbocycles. The molecule has 0 aromatic heterocycles. The van der Waals surface area contributed by atoms with E-state index in [1.807, 2.05) is 6.07 Å². The van der Waals surface area contributed by atoms with Gasteiger partial charge in [0.05, 0.1) is 31.8 Å². The number of benzene rings is 1. The predicted octanol–water partition coefficient (Wildman–Crippen LogP) is 1.67. The summed E-state index contributed by atoms with van der Waals surface area (Å²) < 4.78 is 9.95. The van der Waals surface area contributed by atoms with Gasteiger partial charge in [0.15, 0.2) is 0 Å². The molecule has 0 N–H and O–H groups in total. The fraction of sp³-hybridized carbons (Fsp3) is 0.333. The number of methoxy groups -OCH3 is 1. The lowest BCUT2D eigenvalue weighted by Gasteiger charge is -2.09. The molecule has 0 radical (unpaired) electrons. The van der Waals surface area contributed by atoms with Crippen molar-refractivity contribution in [2.75, 3.05) is 13.7 Å². The van der Waals surface area contributed by atoms with Gasteiger partial charge in [0.25, 0.3) is 0 Å². The summed E-state index contributed by atoms with van der Waals surface area (Å²) in [6.45, 7) is 2.07. The summed E-state index contributed by atoms with van der Waals surface area (Å²) in [6.07, 6.45) is 0.0563. The van der Waals surface area contributed by atoms with E-state index in [2.05, 4.69) is 0 Å². The molecule has 4 nitrogen and oxygen atoms in total. The summed E-state index contributed by atoms with van der Waals surface area (Å²) in [5.74, 6) is 0.176. The van der Waals surface area contributed by atoms with Crippen molar-refractivity contribution in [1.29, 1.82) is 5.26 Å². The van der Waals surface area contributed by atoms with Gasteiger partial charge in [-0.3, -0.25) is 4.79 Å². The van der Waals surface area contributed by atoms with Gasteiger partial charge in [0.1, 0.15) is 5.75 Å². The number of carbonyl (C=O) groups is 1. The SMILES string of the molecule is CCOC(=O)Cc1c(C#N)cccc1OC. The Morgan fingerprint density at radius 1 is 1.50 bits per heavy atom. The maximum atomic E-state index is 11.4. The number of rotatable bonds is 4. The third-order valence-corrected chi connectivity index (χ3v) is 2.10. The van der Waals surface area contributed by atoms with Gasteiger partial charge in [-0.05, 0) is 19.1 Å². The Morgan fingerprint density at radius 3 is 2.81 bits per heavy atom. The molecule has 1 aromatic carbocycles. The number of esters is 1. The van der Waals surface area contributed by atoms with E-state index in [1.54, 1.807) is 25.1 Å². The zero-order valence-corrected chi connectivity index (χ0v) is 9.32. The van der Waals surface area contributed by atoms with Crippen molar-refractivity contribution in [2.24, 2.45) is 0 Å². The molecule has 0 unspecified atom stereocenters. The minimum atomic E-state index is -0.358. The molecule has 1 rings (SSSR count). The van der Waals surface area contributed by atoms with Crippen LogP contribution in [0.25, 0.3) is 0 Å². The highest BCUT2D eigenvalue weighted by Crippen LogP contribution is 2.22. The van der Waals surface area contributed by atoms with Gasteiger partial charge in [0.2, 0.25) is 0 Å². The van der Waals surface area contributed by atoms with Crippen molar-refractivity contribution in [1.82, 2.24) is 0 Å². The first-order valence-corrected chi connectivity index (χ1v) is 4.94. The average Bonchev–Trinajstić information content (AvgIpc) is 2.29. The maximum Gasteiger partial charge on any atom is 0.310 e. The average molecular weight is 219 g/mol. The topological polar surface area (TPSA) is 59.3 Å². The molecule has 0 spiro atoms. The van der Waals surface area contributed by atoms with Crippen LogP contribution in [0.1, 0.15) is 18.1 Å². The van der Waals surface area contributed by atoms with Crippen molar-refractivity contribution in [2.45, 2.75) is 13.3 Å². The van der Waals surface area contributed by atoms with E-state index in [-0.39, 0.29) is 12.4 Å². The maximum absolute atomic E-state index is 11.4. The van der Waals surface area contributed by atoms with Crippen LogP contribution in [0.2, 0.25) is 0 Å². The molecule has 0 fully saturated rings. The third kappa shape index (κ3) is 2.74. The summed E-state index contributed by atoms with van der Waals surface area (Å²) >= 11 is 0. The van der Waals surface area contributed by atoms with Gasteiger partial charge in [-0.25, -0.2) is 0 Å². The Morgan fingerprint density at radius 2 is 2.25 bits per heavy atom. The Hall–Kier alpha value is -2.02. The smallest absolute Gasteiger partial charge is 0.310 e. The van der Waals surface area contributed by atoms with Crippen LogP contribution in [0.4, 0.5) is 0 Å². The van der Waals surface area contributed by atoms with Crippen LogP contribution in [0, 0.1) is 11.3 Å². The molecule has 0 aliphatic carbocycles. The Kier molecular flexibility index (Phi) is 4.34. The highest BCUT2D eigenvalue weighted by molar-refractivity contribution is 5.74. The van der Waals surface area contributed by atoms with Crippen LogP contribution >= 0.6 is 0 Å². The summed E-state index contributed by atoms with van der Waals surface area (Å²) in [7, 11) is 1.51. The minimum absolute atomic E-state index is 0.0563. The highest BCUT2D eigenvalue weighted by atomic mass is 16.5. The normalized spacial score (nSPS) is 9.31. The van der Waals surface area contributed by atoms with E-state index in [0.29, 0.717) is 23.5 Å². The number of hydrogen-bond acceptors (Lipinski definition) is 4. The first-order chi connectivity index (χ1) is 7.72. The molecule has 0 aliphatic heterocycles. The van der Waals surface area contributed by atoms with Gasteiger partial charge in [-0.2, -0.15) is 5.26 Å². The van der Waals surface area contributed by atoms with Crippen LogP contribution in [0.15, 0.2) is 18.2 Å². The third-order valence-electron chi connectivity index (χ3n) is 2.10. The predicted molar refractivity (Wildman–Crippen MR) is 58.0 cm³/mol. The van der Waals surface area contributed by atoms with Crippen molar-refractivity contribution in [3.63, 3.8) is 0 Å². The first-order valence-electron chi connectivity index (χ1n) is 4.94. The molecule has 16 heavy (non-hydrogen) atoms. The van der Waals surface area contributed by atoms with E-state index in [9.17, 15) is 4.79 Å². The second-order valence-corrected chi connectivity index (χ2v) is 3.08. The lowest BCUT2D eigenvalue weighted by molar-refractivity contribution is -0.142. The van der Waals surface area contributed by atoms with E-state index < -0.39 is 0 Å². The van der Waals surface area contributed by atoms with Gasteiger partial charge >= 0.3 is 5.97 Å². The number of carbonyl (C=O) groups excluding carboxylic acids is 1. The molecular weight excluding hydrogens is 206 g/mol. The van der Waals surface area contributed by atoms with Gasteiger partial charge in [0, 0.05) is 5.56 Å². The fourth-order valence-corrected chi connectivity index (χ4v) is 1.40. The molecule has 0 heterocycles. The lowest BCUT2D eigenvalue weighted by Crippen LogP contribution is -2.09. The van der Waals surface area contributed by atoms with E-state index >= 15 is 0 Å². The number of ether oxygens (including phenoxy) is 2. The van der Waals surface area contributed by atoms with Crippen molar-refractivity contribution in [3.8, 4) is 11.8 Å². The molecule has 4 heteroatoms. The number of hydrogen-bond donors (Lipinski definition) is 0. The fourth-order valence-electron chi connectivity index (χ4n) is 1.40. The number of nitriles is 1. The van der Waals surface area contributed by atoms with Crippen LogP contribution < -0.4 is 4.74 Å². The standard InChI is InChI=1S/C12H13NO3/c1-3-16-12(14)7-10-9(8-13)5-4-6-11(10)15-2/h4-6H,3,7H2,1-2H3. The van der Waals surface area contributed by atoms with Crippen LogP contribution in [0.5, 0.6) is 5.75 Å². The molecule has 0 aliphatic rings. The highest BCUT2D eigenvalue weighted by Gasteiger charge is 2.13. The van der Waals surface area contributed by atoms with E-state index in [4.69, 9.17) is 14.7 Å². The molecule has 0 bridgehead atoms. The number of nitrogens with zero attached hydrogens (tertiary/aromatic N) is 1. The van der Waals surface area contributed by atoms with Gasteiger partial charge in [-0.15, -0.1) is 0 Å². The second kappa shape index (κ2) is 5.76. The lowest BCUT2D eigenvalue weighted by atomic mass is 10.0. The van der Waals surface area contributed by atoms with E-state index in [0.717, 1.165) is 0 Å². The van der Waals surface area contributed by atoms with Gasteiger partial charge in [-0.1, -0.05) is 6.07 Å². The largest absolute Gasteiger partial charge is 0.496 e. The van der Waals surface area contributed by atoms with Crippen LogP contribution in [0.3, 0.4) is 0 Å². The molecule has 0 amide bonds. The minimum Gasteiger partial charge on any atom is -0.496 e. The second-order valence-electron chi connectivity index (χ2n) is 3.08. The van der Waals surface area contributed by atoms with Crippen molar-refractivity contribution in [3.05, 3.63) is 29.3 Å². The zero-order chi connectivity index (χ0) is 12.0. The Bertz CT molecular complexity index is 421. The summed E-state index contributed by atoms with van der Waals surface area (Å²) in [6, 6.07) is 7.11.